The van der Waals surface area contributed by atoms with E-state index in [1.54, 1.807) is 11.3 Å². The number of rotatable bonds is 3. The van der Waals surface area contributed by atoms with Gasteiger partial charge >= 0.3 is 0 Å². The van der Waals surface area contributed by atoms with Gasteiger partial charge in [0.15, 0.2) is 5.78 Å². The third kappa shape index (κ3) is 2.17. The first kappa shape index (κ1) is 12.1. The highest BCUT2D eigenvalue weighted by atomic mass is 79.9. The predicted octanol–water partition coefficient (Wildman–Crippen LogP) is 5.08. The molecule has 1 fully saturated rings. The molecule has 92 valence electrons. The Morgan fingerprint density at radius 2 is 2.06 bits per heavy atom. The van der Waals surface area contributed by atoms with Crippen molar-refractivity contribution >= 4 is 33.0 Å². The van der Waals surface area contributed by atoms with Gasteiger partial charge in [-0.25, -0.2) is 0 Å². The van der Waals surface area contributed by atoms with Crippen LogP contribution < -0.4 is 0 Å². The molecule has 1 nitrogen and oxygen atoms in total. The summed E-state index contributed by atoms with van der Waals surface area (Å²) < 4.78 is 1.12. The summed E-state index contributed by atoms with van der Waals surface area (Å²) in [5.74, 6) is 0.632. The van der Waals surface area contributed by atoms with Gasteiger partial charge < -0.3 is 0 Å². The summed E-state index contributed by atoms with van der Waals surface area (Å²) >= 11 is 5.23. The highest BCUT2D eigenvalue weighted by Gasteiger charge is 2.31. The molecule has 0 bridgehead atoms. The van der Waals surface area contributed by atoms with Crippen LogP contribution in [0.15, 0.2) is 34.8 Å². The first-order chi connectivity index (χ1) is 8.66. The zero-order chi connectivity index (χ0) is 12.7. The molecule has 3 heteroatoms. The number of Topliss-reactive ketones (excluding diaryl/α,β-unsaturated/α-hetero) is 1. The van der Waals surface area contributed by atoms with Gasteiger partial charge in [0.25, 0.3) is 0 Å². The third-order valence-corrected chi connectivity index (χ3v) is 5.44. The molecule has 0 aliphatic heterocycles. The molecule has 0 radical (unpaired) electrons. The molecule has 0 spiro atoms. The number of carbonyl (C=O) groups excluding carboxylic acids is 1. The lowest BCUT2D eigenvalue weighted by atomic mass is 10.1. The number of benzene rings is 1. The van der Waals surface area contributed by atoms with Gasteiger partial charge in [0.05, 0.1) is 4.88 Å². The molecule has 0 unspecified atom stereocenters. The largest absolute Gasteiger partial charge is 0.293 e. The SMILES string of the molecule is Cc1cccc(-c2ccc(C(=O)C3CC3)s2)c1Br. The molecule has 1 saturated carbocycles. The molecule has 1 aliphatic carbocycles. The summed E-state index contributed by atoms with van der Waals surface area (Å²) in [6.45, 7) is 2.08. The van der Waals surface area contributed by atoms with Crippen LogP contribution in [-0.4, -0.2) is 5.78 Å². The fourth-order valence-electron chi connectivity index (χ4n) is 2.00. The molecular formula is C15H13BrOS. The van der Waals surface area contributed by atoms with Crippen LogP contribution in [0.1, 0.15) is 28.1 Å². The Balaban J connectivity index is 1.97. The van der Waals surface area contributed by atoms with Gasteiger partial charge in [0.2, 0.25) is 0 Å². The Bertz CT molecular complexity index is 611. The normalized spacial score (nSPS) is 14.8. The van der Waals surface area contributed by atoms with E-state index in [2.05, 4.69) is 47.1 Å². The summed E-state index contributed by atoms with van der Waals surface area (Å²) in [5.41, 5.74) is 2.39. The molecule has 0 amide bonds. The van der Waals surface area contributed by atoms with E-state index in [0.29, 0.717) is 11.7 Å². The minimum atomic E-state index is 0.303. The number of aryl methyl sites for hydroxylation is 1. The van der Waals surface area contributed by atoms with E-state index >= 15 is 0 Å². The summed E-state index contributed by atoms with van der Waals surface area (Å²) in [6.07, 6.45) is 2.14. The van der Waals surface area contributed by atoms with E-state index in [0.717, 1.165) is 27.1 Å². The van der Waals surface area contributed by atoms with Crippen molar-refractivity contribution in [3.63, 3.8) is 0 Å². The van der Waals surface area contributed by atoms with E-state index in [9.17, 15) is 4.79 Å². The zero-order valence-electron chi connectivity index (χ0n) is 10.1. The van der Waals surface area contributed by atoms with Crippen molar-refractivity contribution in [1.29, 1.82) is 0 Å². The van der Waals surface area contributed by atoms with E-state index in [4.69, 9.17) is 0 Å². The minimum Gasteiger partial charge on any atom is -0.293 e. The molecular weight excluding hydrogens is 308 g/mol. The van der Waals surface area contributed by atoms with E-state index in [1.165, 1.54) is 11.1 Å². The lowest BCUT2D eigenvalue weighted by molar-refractivity contribution is 0.0971. The Kier molecular flexibility index (Phi) is 3.12. The number of hydrogen-bond donors (Lipinski definition) is 0. The van der Waals surface area contributed by atoms with Gasteiger partial charge in [-0.1, -0.05) is 18.2 Å². The Morgan fingerprint density at radius 3 is 2.78 bits per heavy atom. The van der Waals surface area contributed by atoms with Crippen molar-refractivity contribution in [2.24, 2.45) is 5.92 Å². The van der Waals surface area contributed by atoms with Crippen molar-refractivity contribution in [1.82, 2.24) is 0 Å². The first-order valence-corrected chi connectivity index (χ1v) is 7.67. The highest BCUT2D eigenvalue weighted by Crippen LogP contribution is 2.39. The minimum absolute atomic E-state index is 0.303. The zero-order valence-corrected chi connectivity index (χ0v) is 12.5. The molecule has 3 rings (SSSR count). The lowest BCUT2D eigenvalue weighted by Crippen LogP contribution is -1.96. The Morgan fingerprint density at radius 1 is 1.28 bits per heavy atom. The Labute approximate surface area is 119 Å². The highest BCUT2D eigenvalue weighted by molar-refractivity contribution is 9.10. The topological polar surface area (TPSA) is 17.1 Å². The van der Waals surface area contributed by atoms with Gasteiger partial charge in [-0.2, -0.15) is 0 Å². The summed E-state index contributed by atoms with van der Waals surface area (Å²) in [5, 5.41) is 0. The third-order valence-electron chi connectivity index (χ3n) is 3.25. The van der Waals surface area contributed by atoms with Crippen LogP contribution in [0.2, 0.25) is 0 Å². The van der Waals surface area contributed by atoms with Crippen LogP contribution in [-0.2, 0) is 0 Å². The van der Waals surface area contributed by atoms with Gasteiger partial charge in [0.1, 0.15) is 0 Å². The first-order valence-electron chi connectivity index (χ1n) is 6.06. The molecule has 1 aromatic carbocycles. The molecule has 0 N–H and O–H groups in total. The average Bonchev–Trinajstić information content (AvgIpc) is 3.10. The maximum absolute atomic E-state index is 12.0. The van der Waals surface area contributed by atoms with Crippen LogP contribution in [0.25, 0.3) is 10.4 Å². The fourth-order valence-corrected chi connectivity index (χ4v) is 3.67. The average molecular weight is 321 g/mol. The number of halogens is 1. The van der Waals surface area contributed by atoms with Crippen LogP contribution in [0, 0.1) is 12.8 Å². The second-order valence-corrected chi connectivity index (χ2v) is 6.62. The van der Waals surface area contributed by atoms with E-state index in [1.807, 2.05) is 6.07 Å². The smallest absolute Gasteiger partial charge is 0.175 e. The molecule has 0 atom stereocenters. The summed E-state index contributed by atoms with van der Waals surface area (Å²) in [6, 6.07) is 10.2. The van der Waals surface area contributed by atoms with Crippen molar-refractivity contribution < 1.29 is 4.79 Å². The molecule has 18 heavy (non-hydrogen) atoms. The number of carbonyl (C=O) groups is 1. The second-order valence-electron chi connectivity index (χ2n) is 4.74. The van der Waals surface area contributed by atoms with Gasteiger partial charge in [-0.05, 0) is 53.4 Å². The van der Waals surface area contributed by atoms with Crippen LogP contribution in [0.5, 0.6) is 0 Å². The van der Waals surface area contributed by atoms with Crippen LogP contribution in [0.4, 0.5) is 0 Å². The van der Waals surface area contributed by atoms with Crippen molar-refractivity contribution in [2.75, 3.05) is 0 Å². The fraction of sp³-hybridized carbons (Fsp3) is 0.267. The molecule has 1 heterocycles. The predicted molar refractivity (Wildman–Crippen MR) is 79.2 cm³/mol. The van der Waals surface area contributed by atoms with Gasteiger partial charge in [-0.15, -0.1) is 11.3 Å². The molecule has 2 aromatic rings. The molecule has 1 aromatic heterocycles. The monoisotopic (exact) mass is 320 g/mol. The van der Waals surface area contributed by atoms with E-state index in [-0.39, 0.29) is 0 Å². The summed E-state index contributed by atoms with van der Waals surface area (Å²) in [7, 11) is 0. The van der Waals surface area contributed by atoms with Crippen molar-refractivity contribution in [2.45, 2.75) is 19.8 Å². The Hall–Kier alpha value is -0.930. The molecule has 1 aliphatic rings. The second kappa shape index (κ2) is 4.63. The summed E-state index contributed by atoms with van der Waals surface area (Å²) in [4.78, 5) is 14.1. The van der Waals surface area contributed by atoms with E-state index < -0.39 is 0 Å². The van der Waals surface area contributed by atoms with Crippen LogP contribution >= 0.6 is 27.3 Å². The maximum Gasteiger partial charge on any atom is 0.175 e. The standard InChI is InChI=1S/C15H13BrOS/c1-9-3-2-4-11(14(9)16)12-7-8-13(18-12)15(17)10-5-6-10/h2-4,7-8,10H,5-6H2,1H3. The van der Waals surface area contributed by atoms with Gasteiger partial charge in [-0.3, -0.25) is 4.79 Å². The number of thiophene rings is 1. The molecule has 0 saturated heterocycles. The number of hydrogen-bond acceptors (Lipinski definition) is 2. The van der Waals surface area contributed by atoms with Gasteiger partial charge in [0, 0.05) is 20.8 Å². The lowest BCUT2D eigenvalue weighted by Gasteiger charge is -2.04. The number of ketones is 1. The quantitative estimate of drug-likeness (QED) is 0.721. The maximum atomic E-state index is 12.0. The van der Waals surface area contributed by atoms with Crippen LogP contribution in [0.3, 0.4) is 0 Å². The van der Waals surface area contributed by atoms with Crippen molar-refractivity contribution in [3.05, 3.63) is 45.2 Å². The van der Waals surface area contributed by atoms with Crippen molar-refractivity contribution in [3.8, 4) is 10.4 Å².